The van der Waals surface area contributed by atoms with E-state index >= 15 is 0 Å². The molecule has 0 spiro atoms. The molecule has 2 aromatic rings. The molecule has 0 radical (unpaired) electrons. The molecule has 0 saturated heterocycles. The highest BCUT2D eigenvalue weighted by Gasteiger charge is 2.04. The van der Waals surface area contributed by atoms with E-state index in [0.717, 1.165) is 15.7 Å². The summed E-state index contributed by atoms with van der Waals surface area (Å²) in [5.74, 6) is -0.414. The van der Waals surface area contributed by atoms with E-state index in [2.05, 4.69) is 21.2 Å². The molecule has 2 rings (SSSR count). The van der Waals surface area contributed by atoms with E-state index in [9.17, 15) is 4.39 Å². The second-order valence-electron chi connectivity index (χ2n) is 3.80. The van der Waals surface area contributed by atoms with Gasteiger partial charge >= 0.3 is 0 Å². The normalized spacial score (nSPS) is 10.4. The van der Waals surface area contributed by atoms with E-state index in [0.29, 0.717) is 12.2 Å². The van der Waals surface area contributed by atoms with Crippen molar-refractivity contribution in [2.45, 2.75) is 6.54 Å². The number of rotatable bonds is 3. The van der Waals surface area contributed by atoms with Crippen LogP contribution in [-0.4, -0.2) is 0 Å². The molecule has 0 unspecified atom stereocenters. The molecular formula is C13H11BrClFN2. The molecule has 0 atom stereocenters. The lowest BCUT2D eigenvalue weighted by molar-refractivity contribution is 0.627. The van der Waals surface area contributed by atoms with Crippen LogP contribution in [0.15, 0.2) is 40.9 Å². The average molecular weight is 330 g/mol. The molecule has 0 saturated carbocycles. The molecule has 0 aromatic heterocycles. The van der Waals surface area contributed by atoms with E-state index in [1.54, 1.807) is 12.1 Å². The van der Waals surface area contributed by atoms with Crippen molar-refractivity contribution < 1.29 is 4.39 Å². The van der Waals surface area contributed by atoms with Gasteiger partial charge in [-0.25, -0.2) is 4.39 Å². The molecule has 2 aromatic carbocycles. The maximum Gasteiger partial charge on any atom is 0.141 e. The zero-order chi connectivity index (χ0) is 13.1. The first-order chi connectivity index (χ1) is 8.58. The Morgan fingerprint density at radius 3 is 2.78 bits per heavy atom. The molecular weight excluding hydrogens is 319 g/mol. The van der Waals surface area contributed by atoms with Crippen molar-refractivity contribution in [3.63, 3.8) is 0 Å². The molecule has 94 valence electrons. The second kappa shape index (κ2) is 5.59. The minimum Gasteiger partial charge on any atom is -0.396 e. The van der Waals surface area contributed by atoms with Gasteiger partial charge in [0.1, 0.15) is 5.82 Å². The van der Waals surface area contributed by atoms with Gasteiger partial charge in [0.2, 0.25) is 0 Å². The number of anilines is 2. The molecule has 0 fully saturated rings. The van der Waals surface area contributed by atoms with Gasteiger partial charge in [0, 0.05) is 11.0 Å². The minimum absolute atomic E-state index is 0.122. The van der Waals surface area contributed by atoms with Crippen molar-refractivity contribution >= 4 is 38.9 Å². The van der Waals surface area contributed by atoms with Crippen LogP contribution in [0.2, 0.25) is 5.02 Å². The summed E-state index contributed by atoms with van der Waals surface area (Å²) < 4.78 is 13.8. The highest BCUT2D eigenvalue weighted by Crippen LogP contribution is 2.27. The van der Waals surface area contributed by atoms with Crippen molar-refractivity contribution in [3.8, 4) is 0 Å². The van der Waals surface area contributed by atoms with Gasteiger partial charge in [0.15, 0.2) is 0 Å². The number of nitrogens with two attached hydrogens (primary N) is 1. The topological polar surface area (TPSA) is 38.0 Å². The fraction of sp³-hybridized carbons (Fsp3) is 0.0769. The quantitative estimate of drug-likeness (QED) is 0.817. The molecule has 0 heterocycles. The van der Waals surface area contributed by atoms with Gasteiger partial charge in [-0.3, -0.25) is 0 Å². The standard InChI is InChI=1S/C13H11BrClFN2/c14-9-2-1-3-12(13(9)17)18-7-8-4-5-11(16)10(15)6-8/h1-6,18H,7,17H2. The molecule has 0 bridgehead atoms. The number of hydrogen-bond acceptors (Lipinski definition) is 2. The van der Waals surface area contributed by atoms with Gasteiger partial charge in [0.05, 0.1) is 16.4 Å². The fourth-order valence-corrected chi connectivity index (χ4v) is 2.11. The number of hydrogen-bond donors (Lipinski definition) is 2. The Labute approximate surface area is 118 Å². The van der Waals surface area contributed by atoms with Crippen LogP contribution in [0.3, 0.4) is 0 Å². The van der Waals surface area contributed by atoms with Gasteiger partial charge < -0.3 is 11.1 Å². The Balaban J connectivity index is 2.11. The summed E-state index contributed by atoms with van der Waals surface area (Å²) >= 11 is 9.07. The molecule has 0 aliphatic carbocycles. The Morgan fingerprint density at radius 2 is 2.06 bits per heavy atom. The first-order valence-corrected chi connectivity index (χ1v) is 6.47. The highest BCUT2D eigenvalue weighted by atomic mass is 79.9. The van der Waals surface area contributed by atoms with Crippen LogP contribution >= 0.6 is 27.5 Å². The SMILES string of the molecule is Nc1c(Br)cccc1NCc1ccc(F)c(Cl)c1. The third-order valence-electron chi connectivity index (χ3n) is 2.52. The van der Waals surface area contributed by atoms with Crippen LogP contribution in [0.4, 0.5) is 15.8 Å². The van der Waals surface area contributed by atoms with Crippen LogP contribution in [-0.2, 0) is 6.54 Å². The molecule has 0 amide bonds. The Hall–Kier alpha value is -1.26. The number of nitrogen functional groups attached to an aromatic ring is 1. The second-order valence-corrected chi connectivity index (χ2v) is 5.06. The van der Waals surface area contributed by atoms with E-state index in [-0.39, 0.29) is 5.02 Å². The van der Waals surface area contributed by atoms with Crippen molar-refractivity contribution in [3.05, 3.63) is 57.3 Å². The molecule has 18 heavy (non-hydrogen) atoms. The van der Waals surface area contributed by atoms with Crippen molar-refractivity contribution in [1.82, 2.24) is 0 Å². The Morgan fingerprint density at radius 1 is 1.28 bits per heavy atom. The maximum absolute atomic E-state index is 13.0. The fourth-order valence-electron chi connectivity index (χ4n) is 1.54. The highest BCUT2D eigenvalue weighted by molar-refractivity contribution is 9.10. The summed E-state index contributed by atoms with van der Waals surface area (Å²) in [6, 6.07) is 10.3. The van der Waals surface area contributed by atoms with Crippen LogP contribution in [0.25, 0.3) is 0 Å². The van der Waals surface area contributed by atoms with Gasteiger partial charge in [-0.15, -0.1) is 0 Å². The Kier molecular flexibility index (Phi) is 4.09. The predicted molar refractivity (Wildman–Crippen MR) is 77.3 cm³/mol. The van der Waals surface area contributed by atoms with E-state index in [1.165, 1.54) is 6.07 Å². The summed E-state index contributed by atoms with van der Waals surface area (Å²) in [7, 11) is 0. The lowest BCUT2D eigenvalue weighted by atomic mass is 10.2. The molecule has 0 aliphatic rings. The van der Waals surface area contributed by atoms with Gasteiger partial charge in [-0.05, 0) is 45.8 Å². The number of para-hydroxylation sites is 1. The minimum atomic E-state index is -0.414. The van der Waals surface area contributed by atoms with E-state index in [4.69, 9.17) is 17.3 Å². The monoisotopic (exact) mass is 328 g/mol. The third kappa shape index (κ3) is 2.94. The molecule has 3 N–H and O–H groups in total. The van der Waals surface area contributed by atoms with Crippen LogP contribution < -0.4 is 11.1 Å². The van der Waals surface area contributed by atoms with Crippen LogP contribution in [0.5, 0.6) is 0 Å². The first kappa shape index (κ1) is 13.2. The predicted octanol–water partition coefficient (Wildman–Crippen LogP) is 4.44. The summed E-state index contributed by atoms with van der Waals surface area (Å²) in [5.41, 5.74) is 8.26. The molecule has 0 aliphatic heterocycles. The summed E-state index contributed by atoms with van der Waals surface area (Å²) in [4.78, 5) is 0. The maximum atomic E-state index is 13.0. The first-order valence-electron chi connectivity index (χ1n) is 5.29. The molecule has 2 nitrogen and oxygen atoms in total. The zero-order valence-electron chi connectivity index (χ0n) is 9.38. The Bertz CT molecular complexity index is 575. The van der Waals surface area contributed by atoms with Crippen LogP contribution in [0.1, 0.15) is 5.56 Å². The largest absolute Gasteiger partial charge is 0.396 e. The lowest BCUT2D eigenvalue weighted by Crippen LogP contribution is -2.03. The van der Waals surface area contributed by atoms with Crippen molar-refractivity contribution in [1.29, 1.82) is 0 Å². The smallest absolute Gasteiger partial charge is 0.141 e. The van der Waals surface area contributed by atoms with Gasteiger partial charge in [0.25, 0.3) is 0 Å². The van der Waals surface area contributed by atoms with E-state index < -0.39 is 5.82 Å². The van der Waals surface area contributed by atoms with Crippen LogP contribution in [0, 0.1) is 5.82 Å². The number of halogens is 3. The lowest BCUT2D eigenvalue weighted by Gasteiger charge is -2.10. The zero-order valence-corrected chi connectivity index (χ0v) is 11.7. The third-order valence-corrected chi connectivity index (χ3v) is 3.50. The van der Waals surface area contributed by atoms with E-state index in [1.807, 2.05) is 18.2 Å². The summed E-state index contributed by atoms with van der Waals surface area (Å²) in [6.45, 7) is 0.528. The summed E-state index contributed by atoms with van der Waals surface area (Å²) in [5, 5.41) is 3.30. The molecule has 5 heteroatoms. The van der Waals surface area contributed by atoms with Crippen molar-refractivity contribution in [2.24, 2.45) is 0 Å². The average Bonchev–Trinajstić information content (AvgIpc) is 2.35. The van der Waals surface area contributed by atoms with Gasteiger partial charge in [-0.1, -0.05) is 23.7 Å². The van der Waals surface area contributed by atoms with Crippen molar-refractivity contribution in [2.75, 3.05) is 11.1 Å². The van der Waals surface area contributed by atoms with Gasteiger partial charge in [-0.2, -0.15) is 0 Å². The number of benzene rings is 2. The number of nitrogens with one attached hydrogen (secondary N) is 1. The summed E-state index contributed by atoms with van der Waals surface area (Å²) in [6.07, 6.45) is 0.